The smallest absolute Gasteiger partial charge is 0.143 e. The lowest BCUT2D eigenvalue weighted by molar-refractivity contribution is 0.578. The van der Waals surface area contributed by atoms with Crippen LogP contribution in [0.2, 0.25) is 0 Å². The number of aryl methyl sites for hydroxylation is 1. The number of allylic oxidation sites excluding steroid dienone is 2. The molecule has 0 saturated carbocycles. The van der Waals surface area contributed by atoms with E-state index in [9.17, 15) is 5.41 Å². The van der Waals surface area contributed by atoms with E-state index in [4.69, 9.17) is 8.83 Å². The van der Waals surface area contributed by atoms with Gasteiger partial charge in [-0.1, -0.05) is 116 Å². The second kappa shape index (κ2) is 14.2. The highest BCUT2D eigenvalue weighted by Crippen LogP contribution is 2.42. The Hall–Kier alpha value is -6.92. The molecular formula is C48H40N4O2. The first kappa shape index (κ1) is 34.2. The van der Waals surface area contributed by atoms with Crippen molar-refractivity contribution in [2.45, 2.75) is 13.8 Å². The van der Waals surface area contributed by atoms with Crippen molar-refractivity contribution in [1.29, 1.82) is 5.41 Å². The van der Waals surface area contributed by atoms with Crippen LogP contribution in [0.1, 0.15) is 34.9 Å². The van der Waals surface area contributed by atoms with Crippen molar-refractivity contribution < 1.29 is 8.83 Å². The summed E-state index contributed by atoms with van der Waals surface area (Å²) in [6.45, 7) is 8.17. The fourth-order valence-corrected chi connectivity index (χ4v) is 7.37. The van der Waals surface area contributed by atoms with E-state index < -0.39 is 0 Å². The molecule has 2 aromatic heterocycles. The lowest BCUT2D eigenvalue weighted by Gasteiger charge is -2.27. The van der Waals surface area contributed by atoms with Crippen molar-refractivity contribution in [3.8, 4) is 22.3 Å². The Balaban J connectivity index is 1.30. The molecule has 3 heterocycles. The average molecular weight is 705 g/mol. The number of para-hydroxylation sites is 2. The van der Waals surface area contributed by atoms with E-state index in [0.29, 0.717) is 11.3 Å². The maximum absolute atomic E-state index is 9.65. The summed E-state index contributed by atoms with van der Waals surface area (Å²) < 4.78 is 12.6. The third-order valence-electron chi connectivity index (χ3n) is 9.96. The number of furan rings is 2. The van der Waals surface area contributed by atoms with Crippen LogP contribution in [0.15, 0.2) is 135 Å². The second-order valence-corrected chi connectivity index (χ2v) is 13.2. The molecule has 0 amide bonds. The number of hydrogen-bond acceptors (Lipinski definition) is 5. The van der Waals surface area contributed by atoms with Crippen LogP contribution in [0, 0.1) is 12.3 Å². The molecule has 7 aromatic rings. The van der Waals surface area contributed by atoms with Crippen LogP contribution < -0.4 is 20.9 Å². The van der Waals surface area contributed by atoms with E-state index >= 15 is 0 Å². The summed E-state index contributed by atoms with van der Waals surface area (Å²) >= 11 is 0. The Labute approximate surface area is 314 Å². The van der Waals surface area contributed by atoms with E-state index in [-0.39, 0.29) is 0 Å². The molecule has 0 bridgehead atoms. The van der Waals surface area contributed by atoms with Crippen molar-refractivity contribution in [2.24, 2.45) is 4.99 Å². The van der Waals surface area contributed by atoms with Gasteiger partial charge in [0.15, 0.2) is 0 Å². The molecular weight excluding hydrogens is 665 g/mol. The number of nitrogens with one attached hydrogen (secondary N) is 2. The normalized spacial score (nSPS) is 13.3. The van der Waals surface area contributed by atoms with Crippen LogP contribution in [-0.2, 0) is 0 Å². The molecule has 2 N–H and O–H groups in total. The summed E-state index contributed by atoms with van der Waals surface area (Å²) in [7, 11) is 3.66. The van der Waals surface area contributed by atoms with Crippen LogP contribution in [0.25, 0.3) is 74.7 Å². The fraction of sp³-hybridized carbons (Fsp3) is 0.0833. The number of anilines is 2. The van der Waals surface area contributed by atoms with Gasteiger partial charge in [0.1, 0.15) is 28.2 Å². The number of nitrogens with zero attached hydrogens (tertiary/aromatic N) is 2. The standard InChI is InChI=1S/C48H40N4O2/c1-6-7-15-37-30(2)53-47-38(16-11-18-40(37)47)33-22-24-44-35(26-33)20-21-36-27-34(39-17-12-19-41-42(29-50-4)31(3)54-48(39)41)23-25-45(36)52(44)46(49)28-43(51-5)32-13-9-8-10-14-32/h6-29,49,51H,2H2,1,3-5H3/b7-6-,37-15+,43-28-,49-46?,50-29?. The minimum Gasteiger partial charge on any atom is -0.460 e. The summed E-state index contributed by atoms with van der Waals surface area (Å²) in [5.74, 6) is 1.15. The van der Waals surface area contributed by atoms with E-state index in [0.717, 1.165) is 94.5 Å². The predicted molar refractivity (Wildman–Crippen MR) is 228 cm³/mol. The highest BCUT2D eigenvalue weighted by molar-refractivity contribution is 6.15. The molecule has 0 radical (unpaired) electrons. The van der Waals surface area contributed by atoms with Crippen molar-refractivity contribution in [3.63, 3.8) is 0 Å². The summed E-state index contributed by atoms with van der Waals surface area (Å²) in [4.78, 5) is 6.29. The Morgan fingerprint density at radius 1 is 0.796 bits per heavy atom. The maximum atomic E-state index is 9.65. The predicted octanol–water partition coefficient (Wildman–Crippen LogP) is 10.5. The van der Waals surface area contributed by atoms with Crippen molar-refractivity contribution in [2.75, 3.05) is 19.0 Å². The molecule has 264 valence electrons. The van der Waals surface area contributed by atoms with Gasteiger partial charge < -0.3 is 14.2 Å². The third-order valence-corrected chi connectivity index (χ3v) is 9.96. The zero-order valence-corrected chi connectivity index (χ0v) is 30.8. The van der Waals surface area contributed by atoms with Gasteiger partial charge in [0.05, 0.1) is 11.4 Å². The maximum Gasteiger partial charge on any atom is 0.143 e. The molecule has 8 rings (SSSR count). The van der Waals surface area contributed by atoms with Gasteiger partial charge in [-0.15, -0.1) is 0 Å². The van der Waals surface area contributed by atoms with Gasteiger partial charge >= 0.3 is 0 Å². The Morgan fingerprint density at radius 3 is 2.04 bits per heavy atom. The van der Waals surface area contributed by atoms with Gasteiger partial charge in [0, 0.05) is 64.8 Å². The number of fused-ring (bicyclic) bond motifs is 4. The molecule has 54 heavy (non-hydrogen) atoms. The quantitative estimate of drug-likeness (QED) is 0.128. The monoisotopic (exact) mass is 704 g/mol. The van der Waals surface area contributed by atoms with Crippen LogP contribution in [0.4, 0.5) is 11.4 Å². The lowest BCUT2D eigenvalue weighted by Crippen LogP contribution is -2.25. The second-order valence-electron chi connectivity index (χ2n) is 13.2. The highest BCUT2D eigenvalue weighted by atomic mass is 16.3. The van der Waals surface area contributed by atoms with Gasteiger partial charge in [-0.3, -0.25) is 15.3 Å². The summed E-state index contributed by atoms with van der Waals surface area (Å²) in [6, 6.07) is 35.3. The van der Waals surface area contributed by atoms with Crippen LogP contribution in [0.3, 0.4) is 0 Å². The molecule has 0 unspecified atom stereocenters. The summed E-state index contributed by atoms with van der Waals surface area (Å²) in [5.41, 5.74) is 12.8. The molecule has 0 aliphatic carbocycles. The molecule has 0 atom stereocenters. The number of hydrogen-bond donors (Lipinski definition) is 2. The number of amidine groups is 1. The minimum absolute atomic E-state index is 0.321. The Morgan fingerprint density at radius 2 is 1.43 bits per heavy atom. The first-order valence-electron chi connectivity index (χ1n) is 18.0. The molecule has 5 aromatic carbocycles. The molecule has 0 fully saturated rings. The number of benzene rings is 5. The van der Waals surface area contributed by atoms with Crippen LogP contribution >= 0.6 is 0 Å². The first-order chi connectivity index (χ1) is 26.4. The van der Waals surface area contributed by atoms with Gasteiger partial charge in [-0.2, -0.15) is 0 Å². The Bertz CT molecular complexity index is 2830. The minimum atomic E-state index is 0.321. The number of rotatable bonds is 7. The molecule has 6 nitrogen and oxygen atoms in total. The zero-order valence-electron chi connectivity index (χ0n) is 30.8. The van der Waals surface area contributed by atoms with Crippen LogP contribution in [-0.4, -0.2) is 26.1 Å². The molecule has 6 heteroatoms. The van der Waals surface area contributed by atoms with E-state index in [1.165, 1.54) is 0 Å². The van der Waals surface area contributed by atoms with Gasteiger partial charge in [-0.25, -0.2) is 0 Å². The molecule has 0 saturated heterocycles. The molecule has 1 aliphatic heterocycles. The molecule has 0 spiro atoms. The first-order valence-corrected chi connectivity index (χ1v) is 18.0. The molecule has 1 aliphatic rings. The average Bonchev–Trinajstić information content (AvgIpc) is 3.64. The lowest BCUT2D eigenvalue weighted by atomic mass is 9.98. The Kier molecular flexibility index (Phi) is 9.02. The zero-order chi connectivity index (χ0) is 37.3. The van der Waals surface area contributed by atoms with Crippen molar-refractivity contribution in [3.05, 3.63) is 160 Å². The largest absolute Gasteiger partial charge is 0.460 e. The van der Waals surface area contributed by atoms with E-state index in [1.54, 1.807) is 7.05 Å². The van der Waals surface area contributed by atoms with E-state index in [1.807, 2.05) is 86.6 Å². The van der Waals surface area contributed by atoms with Gasteiger partial charge in [0.25, 0.3) is 0 Å². The van der Waals surface area contributed by atoms with Crippen molar-refractivity contribution in [1.82, 2.24) is 5.32 Å². The van der Waals surface area contributed by atoms with Crippen LogP contribution in [0.5, 0.6) is 0 Å². The summed E-state index contributed by atoms with van der Waals surface area (Å²) in [6.07, 6.45) is 14.1. The topological polar surface area (TPSA) is 77.8 Å². The van der Waals surface area contributed by atoms with Gasteiger partial charge in [-0.05, 0) is 65.9 Å². The summed E-state index contributed by atoms with van der Waals surface area (Å²) in [5, 5.41) is 16.0. The SMILES string of the molecule is C=c1oc2c(-c3ccc4c(c3)C=Cc3cc(-c5cccc6c(C=NC)c(C)oc56)ccc3N4C(=N)/C=C(\NC)c3ccccc3)cccc2/c1=C/C=C\C. The fourth-order valence-electron chi connectivity index (χ4n) is 7.37. The van der Waals surface area contributed by atoms with Gasteiger partial charge in [0.2, 0.25) is 0 Å². The highest BCUT2D eigenvalue weighted by Gasteiger charge is 2.24. The van der Waals surface area contributed by atoms with E-state index in [2.05, 4.69) is 102 Å². The number of aliphatic imine (C=N–C) groups is 1. The third kappa shape index (κ3) is 5.97. The van der Waals surface area contributed by atoms with Crippen molar-refractivity contribution >= 4 is 75.9 Å².